The number of esters is 1. The van der Waals surface area contributed by atoms with Gasteiger partial charge in [-0.1, -0.05) is 12.1 Å². The minimum atomic E-state index is -1.05. The second-order valence-corrected chi connectivity index (χ2v) is 8.53. The number of carbonyl (C=O) groups excluding carboxylic acids is 2. The third-order valence-corrected chi connectivity index (χ3v) is 7.00. The number of carbonyl (C=O) groups is 2. The molecular weight excluding hydrogens is 392 g/mol. The van der Waals surface area contributed by atoms with Gasteiger partial charge in [-0.05, 0) is 41.7 Å². The second kappa shape index (κ2) is 8.75. The molecule has 1 heterocycles. The number of hydrogen-bond acceptors (Lipinski definition) is 5. The molecule has 1 aliphatic heterocycles. The van der Waals surface area contributed by atoms with Crippen molar-refractivity contribution in [2.45, 2.75) is 11.0 Å². The zero-order valence-corrected chi connectivity index (χ0v) is 16.1. The number of benzene rings is 2. The van der Waals surface area contributed by atoms with E-state index in [9.17, 15) is 18.4 Å². The number of methoxy groups -OCH3 is 1. The third kappa shape index (κ3) is 4.62. The van der Waals surface area contributed by atoms with Gasteiger partial charge in [-0.15, -0.1) is 23.5 Å². The van der Waals surface area contributed by atoms with Crippen molar-refractivity contribution in [3.8, 4) is 0 Å². The molecule has 27 heavy (non-hydrogen) atoms. The molecule has 142 valence electrons. The van der Waals surface area contributed by atoms with E-state index in [0.717, 1.165) is 30.2 Å². The van der Waals surface area contributed by atoms with Gasteiger partial charge in [0.1, 0.15) is 11.6 Å². The van der Waals surface area contributed by atoms with Crippen LogP contribution in [0.5, 0.6) is 0 Å². The van der Waals surface area contributed by atoms with Gasteiger partial charge in [-0.2, -0.15) is 0 Å². The zero-order chi connectivity index (χ0) is 19.4. The van der Waals surface area contributed by atoms with E-state index < -0.39 is 29.1 Å². The molecule has 1 aliphatic rings. The number of thioether (sulfide) groups is 2. The molecule has 0 unspecified atom stereocenters. The van der Waals surface area contributed by atoms with Crippen LogP contribution < -0.4 is 5.32 Å². The first-order chi connectivity index (χ1) is 13.0. The lowest BCUT2D eigenvalue weighted by molar-refractivity contribution is 0.0595. The molecule has 0 aliphatic carbocycles. The Bertz CT molecular complexity index is 853. The van der Waals surface area contributed by atoms with Gasteiger partial charge in [0.25, 0.3) is 5.91 Å². The van der Waals surface area contributed by atoms with Gasteiger partial charge in [-0.3, -0.25) is 4.79 Å². The van der Waals surface area contributed by atoms with Crippen molar-refractivity contribution in [1.29, 1.82) is 0 Å². The lowest BCUT2D eigenvalue weighted by atomic mass is 10.1. The maximum absolute atomic E-state index is 14.0. The van der Waals surface area contributed by atoms with E-state index in [1.165, 1.54) is 6.42 Å². The summed E-state index contributed by atoms with van der Waals surface area (Å²) in [5.41, 5.74) is 0.732. The Morgan fingerprint density at radius 3 is 2.37 bits per heavy atom. The first-order valence-corrected chi connectivity index (χ1v) is 10.3. The predicted octanol–water partition coefficient (Wildman–Crippen LogP) is 4.87. The van der Waals surface area contributed by atoms with Crippen LogP contribution in [0.15, 0.2) is 36.4 Å². The molecular formula is C19H17F2NO3S2. The molecule has 0 spiro atoms. The lowest BCUT2D eigenvalue weighted by Gasteiger charge is -2.21. The van der Waals surface area contributed by atoms with Crippen molar-refractivity contribution < 1.29 is 23.1 Å². The van der Waals surface area contributed by atoms with Gasteiger partial charge >= 0.3 is 5.97 Å². The summed E-state index contributed by atoms with van der Waals surface area (Å²) in [7, 11) is 1.09. The zero-order valence-electron chi connectivity index (χ0n) is 14.5. The Hall–Kier alpha value is -2.06. The van der Waals surface area contributed by atoms with Crippen LogP contribution in [0.25, 0.3) is 0 Å². The molecule has 3 rings (SSSR count). The number of ether oxygens (including phenoxy) is 1. The Morgan fingerprint density at radius 1 is 1.07 bits per heavy atom. The minimum absolute atomic E-state index is 0.288. The average molecular weight is 409 g/mol. The van der Waals surface area contributed by atoms with Crippen LogP contribution in [0.4, 0.5) is 14.5 Å². The van der Waals surface area contributed by atoms with Crippen LogP contribution in [-0.4, -0.2) is 30.5 Å². The number of anilines is 1. The van der Waals surface area contributed by atoms with Gasteiger partial charge in [0.15, 0.2) is 0 Å². The summed E-state index contributed by atoms with van der Waals surface area (Å²) in [6.45, 7) is 0. The SMILES string of the molecule is COC(=O)c1cc(NC(=O)c2ccc(C3SCCCS3)cc2)c(F)cc1F. The van der Waals surface area contributed by atoms with Crippen LogP contribution >= 0.6 is 23.5 Å². The molecule has 0 aromatic heterocycles. The predicted molar refractivity (Wildman–Crippen MR) is 104 cm³/mol. The molecule has 4 nitrogen and oxygen atoms in total. The van der Waals surface area contributed by atoms with E-state index in [1.54, 1.807) is 12.1 Å². The molecule has 0 radical (unpaired) electrons. The van der Waals surface area contributed by atoms with E-state index in [4.69, 9.17) is 0 Å². The summed E-state index contributed by atoms with van der Waals surface area (Å²) < 4.78 is 32.5. The molecule has 8 heteroatoms. The highest BCUT2D eigenvalue weighted by molar-refractivity contribution is 8.16. The lowest BCUT2D eigenvalue weighted by Crippen LogP contribution is -2.15. The molecule has 1 saturated heterocycles. The molecule has 0 bridgehead atoms. The molecule has 1 N–H and O–H groups in total. The van der Waals surface area contributed by atoms with E-state index in [-0.39, 0.29) is 5.69 Å². The van der Waals surface area contributed by atoms with Crippen molar-refractivity contribution in [3.63, 3.8) is 0 Å². The fraction of sp³-hybridized carbons (Fsp3) is 0.263. The van der Waals surface area contributed by atoms with Crippen LogP contribution in [0.3, 0.4) is 0 Å². The normalized spacial score (nSPS) is 14.6. The van der Waals surface area contributed by atoms with Gasteiger partial charge in [0, 0.05) is 11.6 Å². The quantitative estimate of drug-likeness (QED) is 0.730. The number of hydrogen-bond donors (Lipinski definition) is 1. The van der Waals surface area contributed by atoms with Crippen molar-refractivity contribution in [2.24, 2.45) is 0 Å². The topological polar surface area (TPSA) is 55.4 Å². The summed E-state index contributed by atoms with van der Waals surface area (Å²) >= 11 is 3.75. The van der Waals surface area contributed by atoms with Crippen LogP contribution in [-0.2, 0) is 4.74 Å². The summed E-state index contributed by atoms with van der Waals surface area (Å²) in [4.78, 5) is 23.9. The number of nitrogens with one attached hydrogen (secondary N) is 1. The summed E-state index contributed by atoms with van der Waals surface area (Å²) in [6.07, 6.45) is 1.20. The van der Waals surface area contributed by atoms with Gasteiger partial charge < -0.3 is 10.1 Å². The smallest absolute Gasteiger partial charge is 0.340 e. The van der Waals surface area contributed by atoms with Gasteiger partial charge in [0.05, 0.1) is 22.9 Å². The van der Waals surface area contributed by atoms with E-state index >= 15 is 0 Å². The molecule has 2 aromatic carbocycles. The average Bonchev–Trinajstić information content (AvgIpc) is 2.70. The maximum Gasteiger partial charge on any atom is 0.340 e. The first kappa shape index (κ1) is 19.7. The molecule has 2 aromatic rings. The van der Waals surface area contributed by atoms with Crippen LogP contribution in [0.1, 0.15) is 37.3 Å². The number of amides is 1. The maximum atomic E-state index is 14.0. The Morgan fingerprint density at radius 2 is 1.74 bits per heavy atom. The Kier molecular flexibility index (Phi) is 6.38. The molecule has 1 fully saturated rings. The first-order valence-electron chi connectivity index (χ1n) is 8.21. The van der Waals surface area contributed by atoms with Crippen LogP contribution in [0.2, 0.25) is 0 Å². The second-order valence-electron chi connectivity index (χ2n) is 5.81. The molecule has 0 saturated carbocycles. The highest BCUT2D eigenvalue weighted by atomic mass is 32.2. The minimum Gasteiger partial charge on any atom is -0.465 e. The van der Waals surface area contributed by atoms with Crippen molar-refractivity contribution in [3.05, 3.63) is 64.7 Å². The third-order valence-electron chi connectivity index (χ3n) is 3.98. The molecule has 1 amide bonds. The highest BCUT2D eigenvalue weighted by Crippen LogP contribution is 2.43. The summed E-state index contributed by atoms with van der Waals surface area (Å²) in [6, 6.07) is 8.57. The van der Waals surface area contributed by atoms with Crippen molar-refractivity contribution in [1.82, 2.24) is 0 Å². The standard InChI is InChI=1S/C19H17F2NO3S2/c1-25-18(24)13-9-16(15(21)10-14(13)20)22-17(23)11-3-5-12(6-4-11)19-26-7-2-8-27-19/h3-6,9-10,19H,2,7-8H2,1H3,(H,22,23). The van der Waals surface area contributed by atoms with Crippen molar-refractivity contribution in [2.75, 3.05) is 23.9 Å². The van der Waals surface area contributed by atoms with E-state index in [1.807, 2.05) is 35.7 Å². The van der Waals surface area contributed by atoms with E-state index in [0.29, 0.717) is 16.2 Å². The Labute approximate surface area is 164 Å². The van der Waals surface area contributed by atoms with Gasteiger partial charge in [-0.25, -0.2) is 13.6 Å². The summed E-state index contributed by atoms with van der Waals surface area (Å²) in [5, 5.41) is 2.37. The largest absolute Gasteiger partial charge is 0.465 e. The van der Waals surface area contributed by atoms with E-state index in [2.05, 4.69) is 10.1 Å². The fourth-order valence-electron chi connectivity index (χ4n) is 2.58. The summed E-state index contributed by atoms with van der Waals surface area (Å²) in [5.74, 6) is -1.29. The Balaban J connectivity index is 1.76. The highest BCUT2D eigenvalue weighted by Gasteiger charge is 2.19. The van der Waals surface area contributed by atoms with Gasteiger partial charge in [0.2, 0.25) is 0 Å². The monoisotopic (exact) mass is 409 g/mol. The van der Waals surface area contributed by atoms with Crippen LogP contribution in [0, 0.1) is 11.6 Å². The van der Waals surface area contributed by atoms with Crippen molar-refractivity contribution >= 4 is 41.1 Å². The number of halogens is 2. The fourth-order valence-corrected chi connectivity index (χ4v) is 5.47. The number of rotatable bonds is 4. The molecule has 0 atom stereocenters.